The van der Waals surface area contributed by atoms with E-state index in [4.69, 9.17) is 11.6 Å². The summed E-state index contributed by atoms with van der Waals surface area (Å²) in [4.78, 5) is 12.3. The second-order valence-corrected chi connectivity index (χ2v) is 6.44. The largest absolute Gasteiger partial charge is 0.294 e. The SMILES string of the molecule is Clc1nc(CN2CCSCC2)nc2sccc12. The average Bonchev–Trinajstić information content (AvgIpc) is 2.79. The van der Waals surface area contributed by atoms with Crippen LogP contribution in [0.4, 0.5) is 0 Å². The minimum Gasteiger partial charge on any atom is -0.294 e. The minimum atomic E-state index is 0.581. The van der Waals surface area contributed by atoms with Crippen molar-refractivity contribution in [2.45, 2.75) is 6.54 Å². The molecule has 0 bridgehead atoms. The third kappa shape index (κ3) is 2.57. The molecule has 0 aliphatic carbocycles. The van der Waals surface area contributed by atoms with Gasteiger partial charge in [0, 0.05) is 30.0 Å². The molecule has 1 fully saturated rings. The van der Waals surface area contributed by atoms with E-state index in [0.717, 1.165) is 35.7 Å². The Bertz CT molecular complexity index is 522. The Kier molecular flexibility index (Phi) is 3.51. The van der Waals surface area contributed by atoms with Crippen molar-refractivity contribution in [3.05, 3.63) is 22.4 Å². The van der Waals surface area contributed by atoms with Crippen LogP contribution in [-0.4, -0.2) is 39.5 Å². The van der Waals surface area contributed by atoms with Gasteiger partial charge in [-0.1, -0.05) is 11.6 Å². The van der Waals surface area contributed by atoms with Gasteiger partial charge in [0.2, 0.25) is 0 Å². The van der Waals surface area contributed by atoms with Crippen molar-refractivity contribution in [1.29, 1.82) is 0 Å². The molecule has 1 aliphatic heterocycles. The number of hydrogen-bond donors (Lipinski definition) is 0. The Morgan fingerprint density at radius 2 is 2.12 bits per heavy atom. The zero-order chi connectivity index (χ0) is 11.7. The lowest BCUT2D eigenvalue weighted by Gasteiger charge is -2.25. The van der Waals surface area contributed by atoms with Gasteiger partial charge in [-0.15, -0.1) is 11.3 Å². The molecule has 0 amide bonds. The lowest BCUT2D eigenvalue weighted by Crippen LogP contribution is -2.32. The Balaban J connectivity index is 1.84. The van der Waals surface area contributed by atoms with Crippen LogP contribution in [0.3, 0.4) is 0 Å². The van der Waals surface area contributed by atoms with Crippen molar-refractivity contribution in [1.82, 2.24) is 14.9 Å². The van der Waals surface area contributed by atoms with Gasteiger partial charge in [0.15, 0.2) is 0 Å². The summed E-state index contributed by atoms with van der Waals surface area (Å²) < 4.78 is 0. The van der Waals surface area contributed by atoms with E-state index in [1.807, 2.05) is 23.2 Å². The number of nitrogens with zero attached hydrogens (tertiary/aromatic N) is 3. The van der Waals surface area contributed by atoms with E-state index < -0.39 is 0 Å². The molecule has 1 saturated heterocycles. The molecule has 17 heavy (non-hydrogen) atoms. The van der Waals surface area contributed by atoms with Gasteiger partial charge in [-0.05, 0) is 11.4 Å². The van der Waals surface area contributed by atoms with Crippen LogP contribution >= 0.6 is 34.7 Å². The summed E-state index contributed by atoms with van der Waals surface area (Å²) in [6, 6.07) is 1.98. The molecule has 1 aliphatic rings. The number of thioether (sulfide) groups is 1. The Labute approximate surface area is 113 Å². The van der Waals surface area contributed by atoms with Gasteiger partial charge in [0.1, 0.15) is 15.8 Å². The monoisotopic (exact) mass is 285 g/mol. The highest BCUT2D eigenvalue weighted by Crippen LogP contribution is 2.25. The molecule has 0 atom stereocenters. The highest BCUT2D eigenvalue weighted by atomic mass is 35.5. The molecule has 3 rings (SSSR count). The highest BCUT2D eigenvalue weighted by molar-refractivity contribution is 7.99. The van der Waals surface area contributed by atoms with Gasteiger partial charge in [-0.25, -0.2) is 9.97 Å². The van der Waals surface area contributed by atoms with Gasteiger partial charge in [-0.3, -0.25) is 4.90 Å². The summed E-state index contributed by atoms with van der Waals surface area (Å²) in [6.45, 7) is 3.05. The number of thiophene rings is 1. The number of rotatable bonds is 2. The Hall–Kier alpha value is -0.360. The molecule has 2 aromatic rings. The fourth-order valence-corrected chi connectivity index (χ4v) is 3.96. The van der Waals surface area contributed by atoms with Gasteiger partial charge in [-0.2, -0.15) is 11.8 Å². The van der Waals surface area contributed by atoms with Gasteiger partial charge < -0.3 is 0 Å². The standard InChI is InChI=1S/C11H12ClN3S2/c12-10-8-1-4-17-11(8)14-9(13-10)7-15-2-5-16-6-3-15/h1,4H,2-3,5-7H2. The fraction of sp³-hybridized carbons (Fsp3) is 0.455. The first-order valence-electron chi connectivity index (χ1n) is 5.52. The summed E-state index contributed by atoms with van der Waals surface area (Å²) >= 11 is 9.78. The van der Waals surface area contributed by atoms with E-state index in [9.17, 15) is 0 Å². The van der Waals surface area contributed by atoms with Crippen LogP contribution < -0.4 is 0 Å². The first kappa shape index (κ1) is 11.7. The van der Waals surface area contributed by atoms with Crippen LogP contribution in [-0.2, 0) is 6.54 Å². The van der Waals surface area contributed by atoms with Gasteiger partial charge >= 0.3 is 0 Å². The minimum absolute atomic E-state index is 0.581. The van der Waals surface area contributed by atoms with E-state index >= 15 is 0 Å². The number of fused-ring (bicyclic) bond motifs is 1. The van der Waals surface area contributed by atoms with Crippen LogP contribution in [0.5, 0.6) is 0 Å². The predicted octanol–water partition coefficient (Wildman–Crippen LogP) is 2.89. The van der Waals surface area contributed by atoms with Crippen LogP contribution in [0.15, 0.2) is 11.4 Å². The quantitative estimate of drug-likeness (QED) is 0.794. The number of halogens is 1. The maximum absolute atomic E-state index is 6.15. The van der Waals surface area contributed by atoms with Crippen LogP contribution in [0.2, 0.25) is 5.15 Å². The molecule has 3 heterocycles. The summed E-state index contributed by atoms with van der Waals surface area (Å²) in [6.07, 6.45) is 0. The van der Waals surface area contributed by atoms with Crippen molar-refractivity contribution >= 4 is 44.9 Å². The first-order chi connectivity index (χ1) is 8.33. The van der Waals surface area contributed by atoms with Crippen LogP contribution in [0, 0.1) is 0 Å². The van der Waals surface area contributed by atoms with E-state index in [-0.39, 0.29) is 0 Å². The highest BCUT2D eigenvalue weighted by Gasteiger charge is 2.14. The third-order valence-electron chi connectivity index (χ3n) is 2.79. The van der Waals surface area contributed by atoms with Crippen molar-refractivity contribution in [2.75, 3.05) is 24.6 Å². The summed E-state index contributed by atoms with van der Waals surface area (Å²) in [5.74, 6) is 3.25. The number of aromatic nitrogens is 2. The van der Waals surface area contributed by atoms with E-state index in [1.54, 1.807) is 11.3 Å². The molecule has 0 spiro atoms. The first-order valence-corrected chi connectivity index (χ1v) is 7.94. The smallest absolute Gasteiger partial charge is 0.145 e. The molecule has 2 aromatic heterocycles. The van der Waals surface area contributed by atoms with Crippen molar-refractivity contribution in [3.63, 3.8) is 0 Å². The number of hydrogen-bond acceptors (Lipinski definition) is 5. The molecule has 0 unspecified atom stereocenters. The second kappa shape index (κ2) is 5.10. The summed E-state index contributed by atoms with van der Waals surface area (Å²) in [5.41, 5.74) is 0. The van der Waals surface area contributed by atoms with Gasteiger partial charge in [0.05, 0.1) is 6.54 Å². The molecule has 90 valence electrons. The zero-order valence-electron chi connectivity index (χ0n) is 9.23. The molecular formula is C11H12ClN3S2. The Morgan fingerprint density at radius 1 is 1.29 bits per heavy atom. The normalized spacial score (nSPS) is 17.7. The molecule has 0 aromatic carbocycles. The third-order valence-corrected chi connectivity index (χ3v) is 4.83. The zero-order valence-corrected chi connectivity index (χ0v) is 11.6. The van der Waals surface area contributed by atoms with Gasteiger partial charge in [0.25, 0.3) is 0 Å². The molecule has 3 nitrogen and oxygen atoms in total. The van der Waals surface area contributed by atoms with E-state index in [0.29, 0.717) is 5.15 Å². The van der Waals surface area contributed by atoms with E-state index in [1.165, 1.54) is 11.5 Å². The molecule has 0 saturated carbocycles. The van der Waals surface area contributed by atoms with Crippen molar-refractivity contribution in [2.24, 2.45) is 0 Å². The van der Waals surface area contributed by atoms with Crippen LogP contribution in [0.1, 0.15) is 5.82 Å². The van der Waals surface area contributed by atoms with Crippen molar-refractivity contribution < 1.29 is 0 Å². The summed E-state index contributed by atoms with van der Waals surface area (Å²) in [7, 11) is 0. The van der Waals surface area contributed by atoms with Crippen molar-refractivity contribution in [3.8, 4) is 0 Å². The van der Waals surface area contributed by atoms with E-state index in [2.05, 4.69) is 14.9 Å². The maximum Gasteiger partial charge on any atom is 0.145 e. The fourth-order valence-electron chi connectivity index (χ4n) is 1.89. The molecule has 0 N–H and O–H groups in total. The Morgan fingerprint density at radius 3 is 2.94 bits per heavy atom. The van der Waals surface area contributed by atoms with Crippen LogP contribution in [0.25, 0.3) is 10.2 Å². The molecule has 0 radical (unpaired) electrons. The average molecular weight is 286 g/mol. The lowest BCUT2D eigenvalue weighted by molar-refractivity contribution is 0.287. The second-order valence-electron chi connectivity index (χ2n) is 3.96. The molecule has 6 heteroatoms. The lowest BCUT2D eigenvalue weighted by atomic mass is 10.4. The predicted molar refractivity (Wildman–Crippen MR) is 75.0 cm³/mol. The molecular weight excluding hydrogens is 274 g/mol. The topological polar surface area (TPSA) is 29.0 Å². The maximum atomic E-state index is 6.15. The summed E-state index contributed by atoms with van der Waals surface area (Å²) in [5, 5.41) is 3.55.